The van der Waals surface area contributed by atoms with Gasteiger partial charge in [0.1, 0.15) is 0 Å². The maximum absolute atomic E-state index is 10.6. The second-order valence-electron chi connectivity index (χ2n) is 3.65. The molecule has 1 aliphatic rings. The van der Waals surface area contributed by atoms with Crippen molar-refractivity contribution >= 4 is 18.4 Å². The van der Waals surface area contributed by atoms with Crippen LogP contribution in [0.3, 0.4) is 0 Å². The molecule has 0 aromatic heterocycles. The molecule has 1 rings (SSSR count). The van der Waals surface area contributed by atoms with Crippen molar-refractivity contribution in [1.82, 2.24) is 0 Å². The highest BCUT2D eigenvalue weighted by Crippen LogP contribution is 2.58. The zero-order chi connectivity index (χ0) is 9.35. The molecule has 13 heavy (non-hydrogen) atoms. The predicted octanol–water partition coefficient (Wildman–Crippen LogP) is 1.84. The summed E-state index contributed by atoms with van der Waals surface area (Å²) in [6.07, 6.45) is 3.04. The Morgan fingerprint density at radius 3 is 2.46 bits per heavy atom. The summed E-state index contributed by atoms with van der Waals surface area (Å²) < 4.78 is 0. The van der Waals surface area contributed by atoms with Gasteiger partial charge in [-0.1, -0.05) is 19.9 Å². The zero-order valence-corrected chi connectivity index (χ0v) is 8.34. The van der Waals surface area contributed by atoms with Crippen molar-refractivity contribution in [3.05, 3.63) is 12.2 Å². The Morgan fingerprint density at radius 2 is 2.15 bits per heavy atom. The maximum atomic E-state index is 10.6. The van der Waals surface area contributed by atoms with E-state index in [0.29, 0.717) is 0 Å². The summed E-state index contributed by atoms with van der Waals surface area (Å²) in [5, 5.41) is 17.0. The molecule has 3 nitrogen and oxygen atoms in total. The van der Waals surface area contributed by atoms with Crippen LogP contribution in [0.2, 0.25) is 0 Å². The van der Waals surface area contributed by atoms with E-state index in [4.69, 9.17) is 10.4 Å². The Morgan fingerprint density at radius 1 is 1.62 bits per heavy atom. The van der Waals surface area contributed by atoms with Crippen LogP contribution in [0, 0.1) is 28.6 Å². The Balaban J connectivity index is 0.00000144. The topological polar surface area (TPSA) is 61.1 Å². The summed E-state index contributed by atoms with van der Waals surface area (Å²) in [6, 6.07) is 1.86. The lowest BCUT2D eigenvalue weighted by atomic mass is 10.1. The lowest BCUT2D eigenvalue weighted by Crippen LogP contribution is -2.02. The summed E-state index contributed by atoms with van der Waals surface area (Å²) in [4.78, 5) is 10.6. The molecule has 1 fully saturated rings. The van der Waals surface area contributed by atoms with E-state index in [1.165, 1.54) is 6.08 Å². The molecule has 2 atom stereocenters. The molecule has 0 aromatic carbocycles. The third kappa shape index (κ3) is 2.02. The van der Waals surface area contributed by atoms with E-state index in [0.717, 1.165) is 0 Å². The molecule has 0 amide bonds. The number of carbonyl (C=O) groups is 1. The van der Waals surface area contributed by atoms with Crippen molar-refractivity contribution < 1.29 is 9.90 Å². The molecular formula is C9H12ClNO2. The quantitative estimate of drug-likeness (QED) is 0.694. The van der Waals surface area contributed by atoms with Crippen LogP contribution in [0.1, 0.15) is 13.8 Å². The highest BCUT2D eigenvalue weighted by atomic mass is 35.5. The van der Waals surface area contributed by atoms with Crippen LogP contribution in [-0.2, 0) is 4.79 Å². The Bertz CT molecular complexity index is 278. The summed E-state index contributed by atoms with van der Waals surface area (Å²) in [5.41, 5.74) is -0.181. The van der Waals surface area contributed by atoms with E-state index in [9.17, 15) is 4.79 Å². The predicted molar refractivity (Wildman–Crippen MR) is 50.4 cm³/mol. The lowest BCUT2D eigenvalue weighted by Gasteiger charge is -1.95. The fraction of sp³-hybridized carbons (Fsp3) is 0.556. The molecule has 72 valence electrons. The molecule has 4 heteroatoms. The number of hydrogen-bond donors (Lipinski definition) is 1. The molecule has 0 heterocycles. The number of carboxylic acid groups (broad SMARTS) is 1. The normalized spacial score (nSPS) is 29.0. The molecule has 0 aliphatic heterocycles. The highest BCUT2D eigenvalue weighted by molar-refractivity contribution is 5.85. The van der Waals surface area contributed by atoms with Gasteiger partial charge in [0, 0.05) is 6.08 Å². The Hall–Kier alpha value is -1.01. The van der Waals surface area contributed by atoms with Gasteiger partial charge < -0.3 is 5.11 Å². The van der Waals surface area contributed by atoms with Crippen molar-refractivity contribution in [2.45, 2.75) is 13.8 Å². The molecule has 0 spiro atoms. The molecule has 2 unspecified atom stereocenters. The van der Waals surface area contributed by atoms with Gasteiger partial charge in [0.2, 0.25) is 0 Å². The summed E-state index contributed by atoms with van der Waals surface area (Å²) in [5.74, 6) is -1.07. The molecule has 1 N–H and O–H groups in total. The van der Waals surface area contributed by atoms with Gasteiger partial charge in [0.05, 0.1) is 12.0 Å². The maximum Gasteiger partial charge on any atom is 0.307 e. The van der Waals surface area contributed by atoms with Crippen molar-refractivity contribution in [2.24, 2.45) is 17.3 Å². The van der Waals surface area contributed by atoms with Crippen molar-refractivity contribution in [2.75, 3.05) is 0 Å². The van der Waals surface area contributed by atoms with E-state index in [1.807, 2.05) is 19.9 Å². The number of halogens is 1. The fourth-order valence-corrected chi connectivity index (χ4v) is 1.66. The molecule has 0 radical (unpaired) electrons. The number of aliphatic carboxylic acids is 1. The Labute approximate surface area is 83.5 Å². The Kier molecular flexibility index (Phi) is 3.50. The SMILES string of the molecule is CC1(C)C(/C=C\C#N)C1C(=O)O.Cl. The van der Waals surface area contributed by atoms with Crippen molar-refractivity contribution in [3.63, 3.8) is 0 Å². The van der Waals surface area contributed by atoms with E-state index in [2.05, 4.69) is 0 Å². The van der Waals surface area contributed by atoms with Crippen molar-refractivity contribution in [3.8, 4) is 6.07 Å². The van der Waals surface area contributed by atoms with Gasteiger partial charge >= 0.3 is 5.97 Å². The van der Waals surface area contributed by atoms with E-state index < -0.39 is 5.97 Å². The average Bonchev–Trinajstić information content (AvgIpc) is 2.49. The molecular weight excluding hydrogens is 190 g/mol. The van der Waals surface area contributed by atoms with Crippen LogP contribution < -0.4 is 0 Å². The number of carboxylic acids is 1. The number of nitriles is 1. The second-order valence-corrected chi connectivity index (χ2v) is 3.65. The minimum atomic E-state index is -0.771. The second kappa shape index (κ2) is 3.80. The van der Waals surface area contributed by atoms with Gasteiger partial charge in [-0.3, -0.25) is 4.79 Å². The van der Waals surface area contributed by atoms with Gasteiger partial charge in [-0.15, -0.1) is 12.4 Å². The van der Waals surface area contributed by atoms with E-state index in [1.54, 1.807) is 6.08 Å². The van der Waals surface area contributed by atoms with Gasteiger partial charge in [-0.25, -0.2) is 0 Å². The van der Waals surface area contributed by atoms with Crippen molar-refractivity contribution in [1.29, 1.82) is 5.26 Å². The lowest BCUT2D eigenvalue weighted by molar-refractivity contribution is -0.139. The first-order valence-corrected chi connectivity index (χ1v) is 3.81. The van der Waals surface area contributed by atoms with Crippen LogP contribution in [0.15, 0.2) is 12.2 Å². The number of hydrogen-bond acceptors (Lipinski definition) is 2. The fourth-order valence-electron chi connectivity index (χ4n) is 1.66. The largest absolute Gasteiger partial charge is 0.481 e. The first-order valence-electron chi connectivity index (χ1n) is 3.81. The van der Waals surface area contributed by atoms with Gasteiger partial charge in [-0.05, 0) is 11.3 Å². The van der Waals surface area contributed by atoms with Gasteiger partial charge in [0.15, 0.2) is 0 Å². The molecule has 0 aromatic rings. The summed E-state index contributed by atoms with van der Waals surface area (Å²) >= 11 is 0. The minimum absolute atomic E-state index is 0. The van der Waals surface area contributed by atoms with E-state index >= 15 is 0 Å². The van der Waals surface area contributed by atoms with E-state index in [-0.39, 0.29) is 29.7 Å². The molecule has 1 aliphatic carbocycles. The van der Waals surface area contributed by atoms with Gasteiger partial charge in [-0.2, -0.15) is 5.26 Å². The number of nitrogens with zero attached hydrogens (tertiary/aromatic N) is 1. The first-order chi connectivity index (χ1) is 5.51. The molecule has 1 saturated carbocycles. The zero-order valence-electron chi connectivity index (χ0n) is 7.52. The highest BCUT2D eigenvalue weighted by Gasteiger charge is 2.60. The van der Waals surface area contributed by atoms with Gasteiger partial charge in [0.25, 0.3) is 0 Å². The van der Waals surface area contributed by atoms with Crippen LogP contribution >= 0.6 is 12.4 Å². The standard InChI is InChI=1S/C9H11NO2.ClH/c1-9(2)6(4-3-5-10)7(9)8(11)12;/h3-4,6-7H,1-2H3,(H,11,12);1H/b4-3-;. The average molecular weight is 202 g/mol. The third-order valence-corrected chi connectivity index (χ3v) is 2.55. The first kappa shape index (κ1) is 12.0. The molecule has 0 saturated heterocycles. The monoisotopic (exact) mass is 201 g/mol. The summed E-state index contributed by atoms with van der Waals surface area (Å²) in [7, 11) is 0. The van der Waals surface area contributed by atoms with Crippen LogP contribution in [-0.4, -0.2) is 11.1 Å². The summed E-state index contributed by atoms with van der Waals surface area (Å²) in [6.45, 7) is 3.80. The van der Waals surface area contributed by atoms with Crippen LogP contribution in [0.4, 0.5) is 0 Å². The number of rotatable bonds is 2. The van der Waals surface area contributed by atoms with Crippen LogP contribution in [0.25, 0.3) is 0 Å². The smallest absolute Gasteiger partial charge is 0.307 e. The third-order valence-electron chi connectivity index (χ3n) is 2.55. The number of allylic oxidation sites excluding steroid dienone is 2. The minimum Gasteiger partial charge on any atom is -0.481 e. The van der Waals surface area contributed by atoms with Crippen LogP contribution in [0.5, 0.6) is 0 Å². The molecule has 0 bridgehead atoms.